The first kappa shape index (κ1) is 18.5. The van der Waals surface area contributed by atoms with Gasteiger partial charge in [-0.3, -0.25) is 4.79 Å². The number of nitrogens with one attached hydrogen (secondary N) is 2. The average molecular weight is 369 g/mol. The molecule has 136 valence electrons. The highest BCUT2D eigenvalue weighted by molar-refractivity contribution is 6.30. The summed E-state index contributed by atoms with van der Waals surface area (Å²) in [6.07, 6.45) is 3.69. The Labute approximate surface area is 160 Å². The minimum absolute atomic E-state index is 0.0648. The lowest BCUT2D eigenvalue weighted by Crippen LogP contribution is -2.13. The molecule has 0 bridgehead atoms. The lowest BCUT2D eigenvalue weighted by atomic mass is 9.97. The summed E-state index contributed by atoms with van der Waals surface area (Å²) in [7, 11) is 0. The Morgan fingerprint density at radius 2 is 1.88 bits per heavy atom. The van der Waals surface area contributed by atoms with Crippen LogP contribution < -0.4 is 10.6 Å². The summed E-state index contributed by atoms with van der Waals surface area (Å²) < 4.78 is 0. The van der Waals surface area contributed by atoms with E-state index in [1.54, 1.807) is 6.08 Å². The molecule has 0 heterocycles. The topological polar surface area (TPSA) is 41.1 Å². The van der Waals surface area contributed by atoms with Crippen LogP contribution in [0.25, 0.3) is 0 Å². The van der Waals surface area contributed by atoms with Crippen molar-refractivity contribution in [1.29, 1.82) is 0 Å². The number of allylic oxidation sites excluding steroid dienone is 1. The fraction of sp³-hybridized carbons (Fsp3) is 0.318. The van der Waals surface area contributed by atoms with Crippen LogP contribution in [0, 0.1) is 13.8 Å². The van der Waals surface area contributed by atoms with Gasteiger partial charge in [0.15, 0.2) is 0 Å². The zero-order valence-corrected chi connectivity index (χ0v) is 16.5. The van der Waals surface area contributed by atoms with Gasteiger partial charge in [-0.05, 0) is 87.1 Å². The van der Waals surface area contributed by atoms with Crippen molar-refractivity contribution in [2.75, 3.05) is 10.6 Å². The fourth-order valence-corrected chi connectivity index (χ4v) is 3.78. The van der Waals surface area contributed by atoms with E-state index >= 15 is 0 Å². The van der Waals surface area contributed by atoms with Crippen LogP contribution in [0.5, 0.6) is 0 Å². The molecule has 0 saturated heterocycles. The highest BCUT2D eigenvalue weighted by Gasteiger charge is 2.26. The number of rotatable bonds is 4. The molecule has 3 rings (SSSR count). The van der Waals surface area contributed by atoms with Gasteiger partial charge in [0.25, 0.3) is 0 Å². The number of carbonyl (C=O) groups is 1. The SMILES string of the molecule is CC(C)=CC(=O)Nc1c(C)cc2c(c1C)CCC2Nc1ccc(Cl)cc1. The molecule has 0 saturated carbocycles. The lowest BCUT2D eigenvalue weighted by Gasteiger charge is -2.19. The summed E-state index contributed by atoms with van der Waals surface area (Å²) in [5, 5.41) is 7.41. The van der Waals surface area contributed by atoms with E-state index in [1.807, 2.05) is 38.1 Å². The number of aryl methyl sites for hydroxylation is 1. The van der Waals surface area contributed by atoms with Crippen LogP contribution in [0.2, 0.25) is 5.02 Å². The molecule has 4 heteroatoms. The minimum atomic E-state index is -0.0648. The van der Waals surface area contributed by atoms with E-state index in [4.69, 9.17) is 11.6 Å². The molecule has 0 aliphatic heterocycles. The standard InChI is InChI=1S/C22H25ClN2O/c1-13(2)11-21(26)25-22-14(3)12-19-18(15(22)4)9-10-20(19)24-17-7-5-16(23)6-8-17/h5-8,11-12,20,24H,9-10H2,1-4H3,(H,25,26). The molecule has 1 atom stereocenters. The Hall–Kier alpha value is -2.26. The number of benzene rings is 2. The summed E-state index contributed by atoms with van der Waals surface area (Å²) in [6, 6.07) is 10.3. The summed E-state index contributed by atoms with van der Waals surface area (Å²) in [6.45, 7) is 8.02. The average Bonchev–Trinajstić information content (AvgIpc) is 2.96. The van der Waals surface area contributed by atoms with E-state index in [0.717, 1.165) is 40.4 Å². The maximum atomic E-state index is 12.1. The number of hydrogen-bond acceptors (Lipinski definition) is 2. The van der Waals surface area contributed by atoms with Gasteiger partial charge < -0.3 is 10.6 Å². The van der Waals surface area contributed by atoms with Crippen molar-refractivity contribution in [3.63, 3.8) is 0 Å². The van der Waals surface area contributed by atoms with Crippen molar-refractivity contribution in [2.24, 2.45) is 0 Å². The molecule has 1 aliphatic rings. The summed E-state index contributed by atoms with van der Waals surface area (Å²) in [5.41, 5.74) is 7.95. The number of amides is 1. The maximum Gasteiger partial charge on any atom is 0.248 e. The van der Waals surface area contributed by atoms with Gasteiger partial charge >= 0.3 is 0 Å². The number of halogens is 1. The zero-order chi connectivity index (χ0) is 18.8. The second-order valence-electron chi connectivity index (χ2n) is 7.21. The van der Waals surface area contributed by atoms with Crippen LogP contribution in [-0.4, -0.2) is 5.91 Å². The highest BCUT2D eigenvalue weighted by atomic mass is 35.5. The van der Waals surface area contributed by atoms with Gasteiger partial charge in [-0.2, -0.15) is 0 Å². The van der Waals surface area contributed by atoms with Crippen molar-refractivity contribution in [3.05, 3.63) is 69.3 Å². The molecule has 3 nitrogen and oxygen atoms in total. The molecule has 2 aromatic rings. The van der Waals surface area contributed by atoms with Gasteiger partial charge in [0.2, 0.25) is 5.91 Å². The van der Waals surface area contributed by atoms with Crippen LogP contribution in [0.1, 0.15) is 48.6 Å². The number of fused-ring (bicyclic) bond motifs is 1. The lowest BCUT2D eigenvalue weighted by molar-refractivity contribution is -0.112. The largest absolute Gasteiger partial charge is 0.378 e. The highest BCUT2D eigenvalue weighted by Crippen LogP contribution is 2.40. The fourth-order valence-electron chi connectivity index (χ4n) is 3.65. The maximum absolute atomic E-state index is 12.1. The molecule has 26 heavy (non-hydrogen) atoms. The molecule has 1 aliphatic carbocycles. The van der Waals surface area contributed by atoms with Crippen LogP contribution >= 0.6 is 11.6 Å². The van der Waals surface area contributed by atoms with Gasteiger partial charge in [-0.1, -0.05) is 23.2 Å². The molecule has 0 aromatic heterocycles. The van der Waals surface area contributed by atoms with E-state index < -0.39 is 0 Å². The molecule has 0 spiro atoms. The molecule has 2 N–H and O–H groups in total. The zero-order valence-electron chi connectivity index (χ0n) is 15.7. The van der Waals surface area contributed by atoms with E-state index in [2.05, 4.69) is 30.5 Å². The van der Waals surface area contributed by atoms with Crippen molar-refractivity contribution in [1.82, 2.24) is 0 Å². The monoisotopic (exact) mass is 368 g/mol. The molecule has 0 radical (unpaired) electrons. The Morgan fingerprint density at radius 1 is 1.19 bits per heavy atom. The van der Waals surface area contributed by atoms with Gasteiger partial charge in [0.05, 0.1) is 6.04 Å². The first-order valence-corrected chi connectivity index (χ1v) is 9.34. The predicted octanol–water partition coefficient (Wildman–Crippen LogP) is 5.96. The van der Waals surface area contributed by atoms with Crippen LogP contribution in [-0.2, 0) is 11.2 Å². The Morgan fingerprint density at radius 3 is 2.54 bits per heavy atom. The molecular formula is C22H25ClN2O. The Balaban J connectivity index is 1.86. The summed E-state index contributed by atoms with van der Waals surface area (Å²) >= 11 is 5.97. The summed E-state index contributed by atoms with van der Waals surface area (Å²) in [5.74, 6) is -0.0648. The molecule has 1 amide bonds. The van der Waals surface area contributed by atoms with E-state index in [1.165, 1.54) is 16.7 Å². The van der Waals surface area contributed by atoms with Crippen molar-refractivity contribution in [2.45, 2.75) is 46.6 Å². The van der Waals surface area contributed by atoms with Crippen molar-refractivity contribution >= 4 is 28.9 Å². The summed E-state index contributed by atoms with van der Waals surface area (Å²) in [4.78, 5) is 12.1. The number of hydrogen-bond donors (Lipinski definition) is 2. The third kappa shape index (κ3) is 3.94. The first-order chi connectivity index (χ1) is 12.3. The molecule has 0 fully saturated rings. The van der Waals surface area contributed by atoms with Gasteiger partial charge in [0, 0.05) is 22.5 Å². The van der Waals surface area contributed by atoms with Crippen LogP contribution in [0.15, 0.2) is 42.0 Å². The van der Waals surface area contributed by atoms with E-state index in [-0.39, 0.29) is 11.9 Å². The Kier molecular flexibility index (Phi) is 5.38. The Bertz CT molecular complexity index is 865. The third-order valence-electron chi connectivity index (χ3n) is 4.85. The quantitative estimate of drug-likeness (QED) is 0.653. The normalized spacial score (nSPS) is 15.3. The third-order valence-corrected chi connectivity index (χ3v) is 5.11. The second kappa shape index (κ2) is 7.55. The molecule has 2 aromatic carbocycles. The van der Waals surface area contributed by atoms with Crippen LogP contribution in [0.3, 0.4) is 0 Å². The smallest absolute Gasteiger partial charge is 0.248 e. The van der Waals surface area contributed by atoms with E-state index in [0.29, 0.717) is 0 Å². The van der Waals surface area contributed by atoms with Gasteiger partial charge in [-0.25, -0.2) is 0 Å². The van der Waals surface area contributed by atoms with Crippen LogP contribution in [0.4, 0.5) is 11.4 Å². The second-order valence-corrected chi connectivity index (χ2v) is 7.65. The molecular weight excluding hydrogens is 344 g/mol. The van der Waals surface area contributed by atoms with Gasteiger partial charge in [0.1, 0.15) is 0 Å². The van der Waals surface area contributed by atoms with Gasteiger partial charge in [-0.15, -0.1) is 0 Å². The predicted molar refractivity (Wildman–Crippen MR) is 110 cm³/mol. The van der Waals surface area contributed by atoms with E-state index in [9.17, 15) is 4.79 Å². The van der Waals surface area contributed by atoms with Crippen molar-refractivity contribution in [3.8, 4) is 0 Å². The minimum Gasteiger partial charge on any atom is -0.378 e. The number of carbonyl (C=O) groups excluding carboxylic acids is 1. The molecule has 1 unspecified atom stereocenters. The van der Waals surface area contributed by atoms with Crippen molar-refractivity contribution < 1.29 is 4.79 Å². The first-order valence-electron chi connectivity index (χ1n) is 8.96. The number of anilines is 2.